The van der Waals surface area contributed by atoms with Crippen molar-refractivity contribution in [3.8, 4) is 5.75 Å². The van der Waals surface area contributed by atoms with Crippen LogP contribution in [-0.4, -0.2) is 29.1 Å². The van der Waals surface area contributed by atoms with Gasteiger partial charge in [0.1, 0.15) is 5.75 Å². The third-order valence-corrected chi connectivity index (χ3v) is 4.06. The van der Waals surface area contributed by atoms with Crippen LogP contribution in [0, 0.1) is 0 Å². The highest BCUT2D eigenvalue weighted by Gasteiger charge is 2.56. The van der Waals surface area contributed by atoms with E-state index in [1.54, 1.807) is 6.07 Å². The molecule has 25 heavy (non-hydrogen) atoms. The number of alkyl halides is 4. The van der Waals surface area contributed by atoms with Gasteiger partial charge < -0.3 is 15.2 Å². The minimum atomic E-state index is -2.95. The molecule has 0 heterocycles. The maximum atomic E-state index is 12.9. The van der Waals surface area contributed by atoms with Gasteiger partial charge in [-0.2, -0.15) is 8.78 Å². The van der Waals surface area contributed by atoms with E-state index in [2.05, 4.69) is 10.1 Å². The molecule has 0 spiro atoms. The minimum Gasteiger partial charge on any atom is -0.435 e. The predicted octanol–water partition coefficient (Wildman–Crippen LogP) is 3.80. The number of benzene rings is 1. The molecule has 0 aromatic heterocycles. The first-order valence-corrected chi connectivity index (χ1v) is 8.07. The summed E-state index contributed by atoms with van der Waals surface area (Å²) >= 11 is 0. The third-order valence-electron chi connectivity index (χ3n) is 4.06. The van der Waals surface area contributed by atoms with Gasteiger partial charge >= 0.3 is 6.61 Å². The van der Waals surface area contributed by atoms with Crippen LogP contribution < -0.4 is 10.1 Å². The Kier molecular flexibility index (Phi) is 5.92. The van der Waals surface area contributed by atoms with Gasteiger partial charge in [-0.3, -0.25) is 4.79 Å². The molecule has 140 valence electrons. The molecule has 2 N–H and O–H groups in total. The molecule has 1 aliphatic carbocycles. The monoisotopic (exact) mass is 363 g/mol. The van der Waals surface area contributed by atoms with Crippen molar-refractivity contribution in [2.45, 2.75) is 63.2 Å². The third kappa shape index (κ3) is 5.59. The Balaban J connectivity index is 2.02. The second-order valence-electron chi connectivity index (χ2n) is 6.47. The largest absolute Gasteiger partial charge is 0.435 e. The number of aliphatic hydroxyl groups is 1. The topological polar surface area (TPSA) is 58.6 Å². The van der Waals surface area contributed by atoms with Crippen molar-refractivity contribution in [3.05, 3.63) is 29.8 Å². The van der Waals surface area contributed by atoms with Crippen LogP contribution in [0.25, 0.3) is 0 Å². The second kappa shape index (κ2) is 7.59. The van der Waals surface area contributed by atoms with Gasteiger partial charge in [-0.15, -0.1) is 0 Å². The van der Waals surface area contributed by atoms with E-state index >= 15 is 0 Å². The molecule has 1 aromatic carbocycles. The smallest absolute Gasteiger partial charge is 0.387 e. The summed E-state index contributed by atoms with van der Waals surface area (Å²) in [6.07, 6.45) is -0.658. The van der Waals surface area contributed by atoms with Gasteiger partial charge in [0.2, 0.25) is 5.91 Å². The van der Waals surface area contributed by atoms with Crippen LogP contribution in [-0.2, 0) is 4.79 Å². The lowest BCUT2D eigenvalue weighted by atomic mass is 9.74. The molecule has 2 rings (SSSR count). The van der Waals surface area contributed by atoms with E-state index in [9.17, 15) is 27.5 Å². The number of halogens is 4. The van der Waals surface area contributed by atoms with Gasteiger partial charge in [0.05, 0.1) is 18.1 Å². The predicted molar refractivity (Wildman–Crippen MR) is 82.6 cm³/mol. The fraction of sp³-hybridized carbons (Fsp3) is 0.588. The minimum absolute atomic E-state index is 0.0277. The number of hydrogen-bond donors (Lipinski definition) is 2. The Bertz CT molecular complexity index is 601. The van der Waals surface area contributed by atoms with Gasteiger partial charge in [0.25, 0.3) is 5.92 Å². The number of carbonyl (C=O) groups excluding carboxylic acids is 1. The standard InChI is InChI=1S/C17H21F4NO3/c1-2-4-13(11-5-3-6-12(7-11)25-15(18)19)22-14(23)8-16(24)9-17(20,21)10-16/h3,5-7,13,15,24H,2,4,8-10H2,1H3,(H,22,23). The molecule has 0 aliphatic heterocycles. The molecule has 1 amide bonds. The highest BCUT2D eigenvalue weighted by molar-refractivity contribution is 5.77. The summed E-state index contributed by atoms with van der Waals surface area (Å²) in [5.74, 6) is -3.52. The van der Waals surface area contributed by atoms with Crippen molar-refractivity contribution in [1.82, 2.24) is 5.32 Å². The number of nitrogens with one attached hydrogen (secondary N) is 1. The molecular formula is C17H21F4NO3. The van der Waals surface area contributed by atoms with Crippen molar-refractivity contribution in [2.24, 2.45) is 0 Å². The van der Waals surface area contributed by atoms with Crippen molar-refractivity contribution in [2.75, 3.05) is 0 Å². The summed E-state index contributed by atoms with van der Waals surface area (Å²) < 4.78 is 54.8. The van der Waals surface area contributed by atoms with Gasteiger partial charge in [-0.1, -0.05) is 25.5 Å². The molecular weight excluding hydrogens is 342 g/mol. The Labute approximate surface area is 143 Å². The zero-order chi connectivity index (χ0) is 18.7. The average Bonchev–Trinajstić information content (AvgIpc) is 2.43. The highest BCUT2D eigenvalue weighted by atomic mass is 19.3. The van der Waals surface area contributed by atoms with Gasteiger partial charge in [-0.05, 0) is 24.1 Å². The van der Waals surface area contributed by atoms with Crippen LogP contribution >= 0.6 is 0 Å². The summed E-state index contributed by atoms with van der Waals surface area (Å²) in [4.78, 5) is 12.1. The number of hydrogen-bond acceptors (Lipinski definition) is 3. The van der Waals surface area contributed by atoms with Gasteiger partial charge in [0, 0.05) is 12.8 Å². The van der Waals surface area contributed by atoms with Crippen LogP contribution in [0.4, 0.5) is 17.6 Å². The van der Waals surface area contributed by atoms with E-state index in [0.29, 0.717) is 18.4 Å². The molecule has 4 nitrogen and oxygen atoms in total. The molecule has 0 radical (unpaired) electrons. The van der Waals surface area contributed by atoms with E-state index in [-0.39, 0.29) is 5.75 Å². The molecule has 1 aliphatic rings. The van der Waals surface area contributed by atoms with Crippen LogP contribution in [0.3, 0.4) is 0 Å². The van der Waals surface area contributed by atoms with Gasteiger partial charge in [0.15, 0.2) is 0 Å². The van der Waals surface area contributed by atoms with E-state index in [4.69, 9.17) is 0 Å². The molecule has 1 fully saturated rings. The van der Waals surface area contributed by atoms with E-state index in [1.165, 1.54) is 18.2 Å². The van der Waals surface area contributed by atoms with Crippen molar-refractivity contribution in [3.63, 3.8) is 0 Å². The second-order valence-corrected chi connectivity index (χ2v) is 6.47. The molecule has 8 heteroatoms. The lowest BCUT2D eigenvalue weighted by Crippen LogP contribution is -2.54. The van der Waals surface area contributed by atoms with Crippen molar-refractivity contribution < 1.29 is 32.2 Å². The van der Waals surface area contributed by atoms with Crippen LogP contribution in [0.15, 0.2) is 24.3 Å². The van der Waals surface area contributed by atoms with E-state index in [0.717, 1.165) is 0 Å². The van der Waals surface area contributed by atoms with Crippen LogP contribution in [0.1, 0.15) is 50.6 Å². The molecule has 0 saturated heterocycles. The lowest BCUT2D eigenvalue weighted by molar-refractivity contribution is -0.206. The van der Waals surface area contributed by atoms with Crippen LogP contribution in [0.5, 0.6) is 5.75 Å². The molecule has 1 atom stereocenters. The highest BCUT2D eigenvalue weighted by Crippen LogP contribution is 2.47. The Hall–Kier alpha value is -1.83. The van der Waals surface area contributed by atoms with Crippen molar-refractivity contribution in [1.29, 1.82) is 0 Å². The number of rotatable bonds is 8. The molecule has 1 aromatic rings. The first-order chi connectivity index (χ1) is 11.6. The normalized spacial score (nSPS) is 19.2. The fourth-order valence-corrected chi connectivity index (χ4v) is 3.10. The number of amides is 1. The SMILES string of the molecule is CCCC(NC(=O)CC1(O)CC(F)(F)C1)c1cccc(OC(F)F)c1. The summed E-state index contributed by atoms with van der Waals surface area (Å²) in [5.41, 5.74) is -1.12. The quantitative estimate of drug-likeness (QED) is 0.691. The Morgan fingerprint density at radius 1 is 1.36 bits per heavy atom. The molecule has 1 saturated carbocycles. The summed E-state index contributed by atoms with van der Waals surface area (Å²) in [7, 11) is 0. The molecule has 1 unspecified atom stereocenters. The number of ether oxygens (including phenoxy) is 1. The Morgan fingerprint density at radius 2 is 2.04 bits per heavy atom. The zero-order valence-corrected chi connectivity index (χ0v) is 13.8. The summed E-state index contributed by atoms with van der Waals surface area (Å²) in [6, 6.07) is 5.48. The Morgan fingerprint density at radius 3 is 2.60 bits per heavy atom. The zero-order valence-electron chi connectivity index (χ0n) is 13.8. The maximum Gasteiger partial charge on any atom is 0.387 e. The van der Waals surface area contributed by atoms with Crippen molar-refractivity contribution >= 4 is 5.91 Å². The summed E-state index contributed by atoms with van der Waals surface area (Å²) in [5, 5.41) is 12.6. The van der Waals surface area contributed by atoms with E-state index < -0.39 is 49.3 Å². The summed E-state index contributed by atoms with van der Waals surface area (Å²) in [6.45, 7) is -1.07. The first kappa shape index (κ1) is 19.5. The molecule has 0 bridgehead atoms. The van der Waals surface area contributed by atoms with Gasteiger partial charge in [-0.25, -0.2) is 8.78 Å². The maximum absolute atomic E-state index is 12.9. The lowest BCUT2D eigenvalue weighted by Gasteiger charge is -2.42. The fourth-order valence-electron chi connectivity index (χ4n) is 3.10. The first-order valence-electron chi connectivity index (χ1n) is 8.07. The number of carbonyl (C=O) groups is 1. The van der Waals surface area contributed by atoms with E-state index in [1.807, 2.05) is 6.92 Å². The average molecular weight is 363 g/mol. The van der Waals surface area contributed by atoms with Crippen LogP contribution in [0.2, 0.25) is 0 Å².